The number of aromatic nitrogens is 1. The molecule has 1 amide bonds. The molecule has 1 aliphatic rings. The second-order valence-corrected chi connectivity index (χ2v) is 10.3. The van der Waals surface area contributed by atoms with E-state index in [1.54, 1.807) is 16.7 Å². The van der Waals surface area contributed by atoms with Gasteiger partial charge < -0.3 is 5.32 Å². The second kappa shape index (κ2) is 7.20. The molecule has 0 saturated carbocycles. The minimum Gasteiger partial charge on any atom is -0.347 e. The van der Waals surface area contributed by atoms with Gasteiger partial charge in [-0.2, -0.15) is 0 Å². The highest BCUT2D eigenvalue weighted by molar-refractivity contribution is 9.10. The quantitative estimate of drug-likeness (QED) is 0.777. The summed E-state index contributed by atoms with van der Waals surface area (Å²) in [5.41, 5.74) is 0.371. The van der Waals surface area contributed by atoms with Crippen LogP contribution in [-0.4, -0.2) is 49.0 Å². The molecule has 2 aromatic heterocycles. The number of carbonyl (C=O) groups is 1. The molecular formula is C14H16BrN3O3S3. The maximum atomic E-state index is 12.4. The predicted octanol–water partition coefficient (Wildman–Crippen LogP) is 2.79. The van der Waals surface area contributed by atoms with Gasteiger partial charge in [0.1, 0.15) is 10.7 Å². The molecule has 1 fully saturated rings. The highest BCUT2D eigenvalue weighted by Crippen LogP contribution is 2.32. The molecule has 10 heteroatoms. The van der Waals surface area contributed by atoms with E-state index in [4.69, 9.17) is 0 Å². The number of hydrogen-bond acceptors (Lipinski definition) is 6. The molecule has 0 spiro atoms. The lowest BCUT2D eigenvalue weighted by atomic mass is 10.1. The molecule has 3 heterocycles. The highest BCUT2D eigenvalue weighted by Gasteiger charge is 2.27. The van der Waals surface area contributed by atoms with E-state index in [-0.39, 0.29) is 11.9 Å². The molecule has 24 heavy (non-hydrogen) atoms. The minimum atomic E-state index is -3.22. The van der Waals surface area contributed by atoms with Gasteiger partial charge in [-0.3, -0.25) is 4.79 Å². The Morgan fingerprint density at radius 3 is 2.88 bits per heavy atom. The average Bonchev–Trinajstić information content (AvgIpc) is 3.15. The van der Waals surface area contributed by atoms with Gasteiger partial charge in [0.15, 0.2) is 0 Å². The van der Waals surface area contributed by atoms with Crippen molar-refractivity contribution in [3.05, 3.63) is 27.0 Å². The standard InChI is InChI=1S/C14H16BrN3O3S3/c1-24(20,21)18-4-2-3-10(6-18)16-13(19)11-8-23-14(17-11)12-5-9(15)7-22-12/h5,7-8,10H,2-4,6H2,1H3,(H,16,19). The summed E-state index contributed by atoms with van der Waals surface area (Å²) in [6, 6.07) is 1.79. The average molecular weight is 450 g/mol. The zero-order chi connectivity index (χ0) is 17.3. The van der Waals surface area contributed by atoms with Crippen LogP contribution >= 0.6 is 38.6 Å². The first-order valence-corrected chi connectivity index (χ1v) is 11.7. The van der Waals surface area contributed by atoms with E-state index in [1.807, 2.05) is 11.4 Å². The zero-order valence-electron chi connectivity index (χ0n) is 12.9. The van der Waals surface area contributed by atoms with Gasteiger partial charge in [0.25, 0.3) is 5.91 Å². The zero-order valence-corrected chi connectivity index (χ0v) is 16.9. The summed E-state index contributed by atoms with van der Waals surface area (Å²) in [6.07, 6.45) is 2.71. The summed E-state index contributed by atoms with van der Waals surface area (Å²) in [7, 11) is -3.22. The normalized spacial score (nSPS) is 19.3. The number of nitrogens with one attached hydrogen (secondary N) is 1. The van der Waals surface area contributed by atoms with E-state index in [2.05, 4.69) is 26.2 Å². The van der Waals surface area contributed by atoms with Gasteiger partial charge in [-0.1, -0.05) is 0 Å². The van der Waals surface area contributed by atoms with E-state index >= 15 is 0 Å². The van der Waals surface area contributed by atoms with Crippen molar-refractivity contribution >= 4 is 54.5 Å². The van der Waals surface area contributed by atoms with Gasteiger partial charge in [0, 0.05) is 34.4 Å². The van der Waals surface area contributed by atoms with Crippen molar-refractivity contribution in [2.24, 2.45) is 0 Å². The Bertz CT molecular complexity index is 846. The van der Waals surface area contributed by atoms with Crippen LogP contribution in [0.2, 0.25) is 0 Å². The molecule has 130 valence electrons. The Kier molecular flexibility index (Phi) is 5.40. The summed E-state index contributed by atoms with van der Waals surface area (Å²) < 4.78 is 25.7. The van der Waals surface area contributed by atoms with Crippen LogP contribution in [0.5, 0.6) is 0 Å². The molecule has 1 N–H and O–H groups in total. The van der Waals surface area contributed by atoms with Crippen molar-refractivity contribution in [1.29, 1.82) is 0 Å². The van der Waals surface area contributed by atoms with E-state index in [9.17, 15) is 13.2 Å². The number of thiazole rings is 1. The number of thiophene rings is 1. The van der Waals surface area contributed by atoms with Gasteiger partial charge in [0.2, 0.25) is 10.0 Å². The Morgan fingerprint density at radius 1 is 1.42 bits per heavy atom. The van der Waals surface area contributed by atoms with Gasteiger partial charge in [-0.25, -0.2) is 17.7 Å². The van der Waals surface area contributed by atoms with Crippen LogP contribution in [0, 0.1) is 0 Å². The van der Waals surface area contributed by atoms with Crippen LogP contribution < -0.4 is 5.32 Å². The third kappa shape index (κ3) is 4.23. The molecule has 3 rings (SSSR count). The number of rotatable bonds is 4. The molecule has 0 aromatic carbocycles. The number of piperidine rings is 1. The first-order chi connectivity index (χ1) is 11.3. The molecule has 0 radical (unpaired) electrons. The topological polar surface area (TPSA) is 79.4 Å². The van der Waals surface area contributed by atoms with Crippen molar-refractivity contribution in [2.45, 2.75) is 18.9 Å². The lowest BCUT2D eigenvalue weighted by molar-refractivity contribution is 0.0917. The van der Waals surface area contributed by atoms with Crippen molar-refractivity contribution < 1.29 is 13.2 Å². The lowest BCUT2D eigenvalue weighted by Gasteiger charge is -2.31. The van der Waals surface area contributed by atoms with Crippen molar-refractivity contribution in [1.82, 2.24) is 14.6 Å². The molecule has 1 atom stereocenters. The molecule has 1 saturated heterocycles. The number of sulfonamides is 1. The van der Waals surface area contributed by atoms with Crippen LogP contribution in [0.15, 0.2) is 21.3 Å². The highest BCUT2D eigenvalue weighted by atomic mass is 79.9. The molecule has 6 nitrogen and oxygen atoms in total. The van der Waals surface area contributed by atoms with E-state index in [1.165, 1.54) is 21.9 Å². The van der Waals surface area contributed by atoms with Crippen molar-refractivity contribution in [2.75, 3.05) is 19.3 Å². The predicted molar refractivity (Wildman–Crippen MR) is 100 cm³/mol. The van der Waals surface area contributed by atoms with Crippen molar-refractivity contribution in [3.63, 3.8) is 0 Å². The third-order valence-corrected chi connectivity index (χ3v) is 7.68. The number of halogens is 1. The summed E-state index contributed by atoms with van der Waals surface area (Å²) in [5.74, 6) is -0.256. The van der Waals surface area contributed by atoms with E-state index < -0.39 is 10.0 Å². The summed E-state index contributed by atoms with van der Waals surface area (Å²) in [4.78, 5) is 17.8. The Labute approximate surface area is 157 Å². The second-order valence-electron chi connectivity index (χ2n) is 5.60. The Hall–Kier alpha value is -0.810. The Balaban J connectivity index is 1.66. The number of carbonyl (C=O) groups excluding carboxylic acids is 1. The molecule has 0 bridgehead atoms. The summed E-state index contributed by atoms with van der Waals surface area (Å²) in [6.45, 7) is 0.832. The van der Waals surface area contributed by atoms with Gasteiger partial charge in [-0.05, 0) is 34.8 Å². The number of nitrogens with zero attached hydrogens (tertiary/aromatic N) is 2. The van der Waals surface area contributed by atoms with E-state index in [0.717, 1.165) is 27.2 Å². The molecule has 1 unspecified atom stereocenters. The Morgan fingerprint density at radius 2 is 2.21 bits per heavy atom. The van der Waals surface area contributed by atoms with Gasteiger partial charge in [0.05, 0.1) is 11.1 Å². The largest absolute Gasteiger partial charge is 0.347 e. The van der Waals surface area contributed by atoms with E-state index in [0.29, 0.717) is 18.8 Å². The van der Waals surface area contributed by atoms with Crippen LogP contribution in [0.4, 0.5) is 0 Å². The van der Waals surface area contributed by atoms with Crippen molar-refractivity contribution in [3.8, 4) is 9.88 Å². The number of hydrogen-bond donors (Lipinski definition) is 1. The van der Waals surface area contributed by atoms with Crippen LogP contribution in [0.1, 0.15) is 23.3 Å². The first-order valence-electron chi connectivity index (χ1n) is 7.29. The monoisotopic (exact) mass is 449 g/mol. The fourth-order valence-electron chi connectivity index (χ4n) is 2.54. The number of amides is 1. The summed E-state index contributed by atoms with van der Waals surface area (Å²) in [5, 5.41) is 7.41. The summed E-state index contributed by atoms with van der Waals surface area (Å²) >= 11 is 6.39. The smallest absolute Gasteiger partial charge is 0.271 e. The lowest BCUT2D eigenvalue weighted by Crippen LogP contribution is -2.49. The van der Waals surface area contributed by atoms with Gasteiger partial charge in [-0.15, -0.1) is 22.7 Å². The molecule has 1 aliphatic heterocycles. The fraction of sp³-hybridized carbons (Fsp3) is 0.429. The van der Waals surface area contributed by atoms with Crippen LogP contribution in [0.3, 0.4) is 0 Å². The molecule has 2 aromatic rings. The third-order valence-electron chi connectivity index (χ3n) is 3.70. The molecule has 0 aliphatic carbocycles. The minimum absolute atomic E-state index is 0.179. The maximum absolute atomic E-state index is 12.4. The first kappa shape index (κ1) is 18.0. The molecular weight excluding hydrogens is 434 g/mol. The van der Waals surface area contributed by atoms with Crippen LogP contribution in [-0.2, 0) is 10.0 Å². The SMILES string of the molecule is CS(=O)(=O)N1CCCC(NC(=O)c2csc(-c3cc(Br)cs3)n2)C1. The van der Waals surface area contributed by atoms with Crippen LogP contribution in [0.25, 0.3) is 9.88 Å². The van der Waals surface area contributed by atoms with Gasteiger partial charge >= 0.3 is 0 Å². The maximum Gasteiger partial charge on any atom is 0.271 e. The fourth-order valence-corrected chi connectivity index (χ4v) is 5.76.